The van der Waals surface area contributed by atoms with Crippen LogP contribution in [0.15, 0.2) is 79.1 Å². The summed E-state index contributed by atoms with van der Waals surface area (Å²) in [6.45, 7) is 7.78. The van der Waals surface area contributed by atoms with Gasteiger partial charge in [-0.3, -0.25) is 15.0 Å². The lowest BCUT2D eigenvalue weighted by Gasteiger charge is -2.36. The van der Waals surface area contributed by atoms with Gasteiger partial charge < -0.3 is 34.6 Å². The van der Waals surface area contributed by atoms with Crippen LogP contribution in [0.2, 0.25) is 0 Å². The molecule has 256 valence electrons. The summed E-state index contributed by atoms with van der Waals surface area (Å²) in [5.41, 5.74) is 2.61. The Morgan fingerprint density at radius 3 is 2.08 bits per heavy atom. The highest BCUT2D eigenvalue weighted by Crippen LogP contribution is 2.33. The molecule has 3 aromatic carbocycles. The average molecular weight is 669 g/mol. The fourth-order valence-electron chi connectivity index (χ4n) is 6.14. The lowest BCUT2D eigenvalue weighted by molar-refractivity contribution is -0.385. The Kier molecular flexibility index (Phi) is 9.71. The molecule has 0 aromatic heterocycles. The summed E-state index contributed by atoms with van der Waals surface area (Å²) in [5.74, 6) is 0.498. The summed E-state index contributed by atoms with van der Waals surface area (Å²) in [6, 6.07) is 19.3. The van der Waals surface area contributed by atoms with Gasteiger partial charge in [-0.15, -0.1) is 13.2 Å². The molecule has 0 saturated carbocycles. The van der Waals surface area contributed by atoms with Crippen molar-refractivity contribution in [3.05, 3.63) is 94.8 Å². The predicted molar refractivity (Wildman–Crippen MR) is 175 cm³/mol. The van der Waals surface area contributed by atoms with E-state index in [0.29, 0.717) is 5.75 Å². The average Bonchev–Trinajstić information content (AvgIpc) is 3.51. The largest absolute Gasteiger partial charge is 0.573 e. The molecule has 2 saturated heterocycles. The summed E-state index contributed by atoms with van der Waals surface area (Å²) in [7, 11) is 0. The molecule has 2 N–H and O–H groups in total. The molecule has 3 heterocycles. The van der Waals surface area contributed by atoms with Crippen molar-refractivity contribution in [2.24, 2.45) is 0 Å². The van der Waals surface area contributed by atoms with Crippen LogP contribution in [0.3, 0.4) is 0 Å². The van der Waals surface area contributed by atoms with E-state index in [0.717, 1.165) is 70.0 Å². The lowest BCUT2D eigenvalue weighted by atomic mass is 10.1. The number of anilines is 2. The molecule has 2 fully saturated rings. The van der Waals surface area contributed by atoms with Crippen molar-refractivity contribution in [3.8, 4) is 17.2 Å². The molecule has 3 aromatic rings. The molecule has 11 nitrogen and oxygen atoms in total. The third-order valence-electron chi connectivity index (χ3n) is 8.79. The minimum Gasteiger partial charge on any atom is -0.490 e. The zero-order chi connectivity index (χ0) is 33.7. The quantitative estimate of drug-likeness (QED) is 0.198. The Balaban J connectivity index is 0.944. The number of benzene rings is 3. The lowest BCUT2D eigenvalue weighted by Crippen LogP contribution is -2.50. The van der Waals surface area contributed by atoms with Crippen LogP contribution in [-0.4, -0.2) is 73.8 Å². The Labute approximate surface area is 277 Å². The minimum atomic E-state index is -4.72. The fourth-order valence-corrected chi connectivity index (χ4v) is 6.14. The number of nitrogens with one attached hydrogen (secondary N) is 2. The van der Waals surface area contributed by atoms with Crippen molar-refractivity contribution >= 4 is 17.1 Å². The van der Waals surface area contributed by atoms with E-state index in [1.807, 2.05) is 13.0 Å². The first-order chi connectivity index (χ1) is 23.0. The molecule has 0 aliphatic carbocycles. The topological polar surface area (TPSA) is 105 Å². The van der Waals surface area contributed by atoms with Crippen molar-refractivity contribution in [1.82, 2.24) is 15.5 Å². The monoisotopic (exact) mass is 668 g/mol. The highest BCUT2D eigenvalue weighted by molar-refractivity contribution is 5.60. The number of nitrogens with zero attached hydrogens (tertiary/aromatic N) is 4. The van der Waals surface area contributed by atoms with Crippen LogP contribution in [0.5, 0.6) is 17.2 Å². The summed E-state index contributed by atoms with van der Waals surface area (Å²) in [6.07, 6.45) is 0.428. The van der Waals surface area contributed by atoms with Gasteiger partial charge in [0.25, 0.3) is 0 Å². The molecule has 3 aliphatic heterocycles. The van der Waals surface area contributed by atoms with Crippen LogP contribution in [-0.2, 0) is 6.54 Å². The van der Waals surface area contributed by atoms with Gasteiger partial charge in [0.1, 0.15) is 29.9 Å². The van der Waals surface area contributed by atoms with Crippen molar-refractivity contribution in [1.29, 1.82) is 0 Å². The van der Waals surface area contributed by atoms with Crippen LogP contribution in [0.1, 0.15) is 25.3 Å². The number of piperidine rings is 1. The molecule has 3 aliphatic rings. The molecule has 14 heteroatoms. The second-order valence-electron chi connectivity index (χ2n) is 12.4. The van der Waals surface area contributed by atoms with E-state index < -0.39 is 16.9 Å². The van der Waals surface area contributed by atoms with Crippen molar-refractivity contribution < 1.29 is 32.3 Å². The van der Waals surface area contributed by atoms with Gasteiger partial charge in [-0.25, -0.2) is 0 Å². The van der Waals surface area contributed by atoms with E-state index in [1.165, 1.54) is 29.8 Å². The Morgan fingerprint density at radius 1 is 0.854 bits per heavy atom. The van der Waals surface area contributed by atoms with E-state index in [2.05, 4.69) is 54.3 Å². The maximum absolute atomic E-state index is 12.4. The van der Waals surface area contributed by atoms with E-state index in [-0.39, 0.29) is 29.9 Å². The molecule has 0 unspecified atom stereocenters. The van der Waals surface area contributed by atoms with Gasteiger partial charge in [0.05, 0.1) is 4.92 Å². The van der Waals surface area contributed by atoms with E-state index in [1.54, 1.807) is 24.5 Å². The Bertz CT molecular complexity index is 1560. The van der Waals surface area contributed by atoms with Gasteiger partial charge in [0.2, 0.25) is 0 Å². The van der Waals surface area contributed by atoms with E-state index >= 15 is 0 Å². The molecule has 0 spiro atoms. The van der Waals surface area contributed by atoms with E-state index in [9.17, 15) is 23.3 Å². The van der Waals surface area contributed by atoms with Gasteiger partial charge >= 0.3 is 12.0 Å². The zero-order valence-corrected chi connectivity index (χ0v) is 26.6. The number of hydrogen-bond donors (Lipinski definition) is 2. The van der Waals surface area contributed by atoms with Gasteiger partial charge in [-0.2, -0.15) is 0 Å². The molecular weight excluding hydrogens is 629 g/mol. The number of piperazine rings is 1. The first kappa shape index (κ1) is 33.1. The fraction of sp³-hybridized carbons (Fsp3) is 0.412. The second kappa shape index (κ2) is 14.1. The smallest absolute Gasteiger partial charge is 0.490 e. The molecule has 6 rings (SSSR count). The van der Waals surface area contributed by atoms with Crippen LogP contribution in [0, 0.1) is 10.1 Å². The van der Waals surface area contributed by atoms with Crippen LogP contribution >= 0.6 is 0 Å². The van der Waals surface area contributed by atoms with Gasteiger partial charge in [0, 0.05) is 88.5 Å². The number of alkyl halides is 3. The number of ether oxygens (including phenoxy) is 3. The summed E-state index contributed by atoms with van der Waals surface area (Å²) < 4.78 is 52.9. The summed E-state index contributed by atoms with van der Waals surface area (Å²) >= 11 is 0. The zero-order valence-electron chi connectivity index (χ0n) is 26.6. The van der Waals surface area contributed by atoms with Crippen LogP contribution < -0.4 is 34.6 Å². The van der Waals surface area contributed by atoms with Gasteiger partial charge in [-0.05, 0) is 61.0 Å². The van der Waals surface area contributed by atoms with E-state index in [4.69, 9.17) is 9.47 Å². The Hall–Kier alpha value is -4.85. The third-order valence-corrected chi connectivity index (χ3v) is 8.79. The summed E-state index contributed by atoms with van der Waals surface area (Å²) in [5, 5.41) is 18.1. The molecule has 0 atom stereocenters. The van der Waals surface area contributed by atoms with Crippen LogP contribution in [0.4, 0.5) is 30.2 Å². The minimum absolute atomic E-state index is 0.0102. The summed E-state index contributed by atoms with van der Waals surface area (Å²) in [4.78, 5) is 18.3. The number of nitro benzene ring substituents is 1. The maximum Gasteiger partial charge on any atom is 0.573 e. The van der Waals surface area contributed by atoms with Crippen molar-refractivity contribution in [2.45, 2.75) is 44.4 Å². The highest BCUT2D eigenvalue weighted by atomic mass is 19.4. The highest BCUT2D eigenvalue weighted by Gasteiger charge is 2.31. The number of nitro groups is 1. The normalized spacial score (nSPS) is 18.2. The third kappa shape index (κ3) is 8.54. The standard InChI is InChI=1S/C34H39F3N6O5/c1-33(38-14-15-39-33)24-46-32-11-6-27(22-31(32)43(44)45)42-20-18-40(19-21-42)23-25-2-4-26(5-3-25)41-16-12-29(13-17-41)47-28-7-9-30(10-8-28)48-34(35,36)37/h2-11,14-15,22,29,38-39H,12-13,16-21,23-24H2,1H3. The second-order valence-corrected chi connectivity index (χ2v) is 12.4. The molecule has 0 amide bonds. The molecule has 48 heavy (non-hydrogen) atoms. The molecule has 0 bridgehead atoms. The number of rotatable bonds is 11. The Morgan fingerprint density at radius 2 is 1.46 bits per heavy atom. The first-order valence-corrected chi connectivity index (χ1v) is 16.0. The van der Waals surface area contributed by atoms with Crippen LogP contribution in [0.25, 0.3) is 0 Å². The number of hydrogen-bond acceptors (Lipinski definition) is 10. The van der Waals surface area contributed by atoms with Gasteiger partial charge in [0.15, 0.2) is 5.75 Å². The maximum atomic E-state index is 12.4. The van der Waals surface area contributed by atoms with Gasteiger partial charge in [-0.1, -0.05) is 12.1 Å². The first-order valence-electron chi connectivity index (χ1n) is 16.0. The number of halogens is 3. The molecule has 0 radical (unpaired) electrons. The predicted octanol–water partition coefficient (Wildman–Crippen LogP) is 5.62. The van der Waals surface area contributed by atoms with Crippen molar-refractivity contribution in [3.63, 3.8) is 0 Å². The van der Waals surface area contributed by atoms with Crippen molar-refractivity contribution in [2.75, 3.05) is 55.7 Å². The molecular formula is C34H39F3N6O5. The SMILES string of the molecule is CC1(COc2ccc(N3CCN(Cc4ccc(N5CCC(Oc6ccc(OC(F)(F)F)cc6)CC5)cc4)CC3)cc2[N+](=O)[O-])NC=CN1.